The van der Waals surface area contributed by atoms with Gasteiger partial charge in [-0.3, -0.25) is 5.41 Å². The van der Waals surface area contributed by atoms with Crippen LogP contribution in [0.3, 0.4) is 0 Å². The molecule has 7 nitrogen and oxygen atoms in total. The van der Waals surface area contributed by atoms with Crippen molar-refractivity contribution in [2.75, 3.05) is 24.7 Å². The summed E-state index contributed by atoms with van der Waals surface area (Å²) in [5.74, 6) is 2.34. The molecule has 0 saturated heterocycles. The number of ether oxygens (including phenoxy) is 2. The van der Waals surface area contributed by atoms with Crippen LogP contribution in [0.2, 0.25) is 0 Å². The highest BCUT2D eigenvalue weighted by Gasteiger charge is 2.33. The fourth-order valence-corrected chi connectivity index (χ4v) is 3.82. The Morgan fingerprint density at radius 1 is 1.11 bits per heavy atom. The standard InChI is InChI=1S/C21H20N4O3/c1-2-24-15-6-4-3-5-14(15)23-21(24)19-16(26)12-25(20(19)22)13-7-8-17-18(11-13)28-10-9-27-17/h3-8,11,22,26H,2,9-10,12H2,1H3. The van der Waals surface area contributed by atoms with E-state index >= 15 is 0 Å². The van der Waals surface area contributed by atoms with Gasteiger partial charge in [-0.2, -0.15) is 0 Å². The van der Waals surface area contributed by atoms with Crippen LogP contribution < -0.4 is 14.4 Å². The zero-order valence-corrected chi connectivity index (χ0v) is 15.5. The van der Waals surface area contributed by atoms with E-state index in [2.05, 4.69) is 0 Å². The average Bonchev–Trinajstić information content (AvgIpc) is 3.23. The molecule has 0 bridgehead atoms. The maximum Gasteiger partial charge on any atom is 0.163 e. The fourth-order valence-electron chi connectivity index (χ4n) is 3.82. The Kier molecular flexibility index (Phi) is 3.75. The van der Waals surface area contributed by atoms with Gasteiger partial charge in [0.15, 0.2) is 11.5 Å². The van der Waals surface area contributed by atoms with Crippen LogP contribution in [0.4, 0.5) is 5.69 Å². The normalized spacial score (nSPS) is 16.3. The van der Waals surface area contributed by atoms with Crippen molar-refractivity contribution in [3.63, 3.8) is 0 Å². The van der Waals surface area contributed by atoms with Crippen molar-refractivity contribution in [3.8, 4) is 11.5 Å². The molecule has 0 radical (unpaired) electrons. The number of aliphatic hydroxyl groups excluding tert-OH is 1. The van der Waals surface area contributed by atoms with Crippen LogP contribution in [0, 0.1) is 5.41 Å². The second-order valence-electron chi connectivity index (χ2n) is 6.75. The molecule has 0 spiro atoms. The molecular weight excluding hydrogens is 356 g/mol. The van der Waals surface area contributed by atoms with Crippen LogP contribution in [0.5, 0.6) is 11.5 Å². The molecule has 2 N–H and O–H groups in total. The number of rotatable bonds is 3. The number of imidazole rings is 1. The fraction of sp³-hybridized carbons (Fsp3) is 0.238. The third kappa shape index (κ3) is 2.43. The Balaban J connectivity index is 1.55. The number of para-hydroxylation sites is 2. The SMILES string of the molecule is CCn1c(C2=C(O)CN(c3ccc4c(c3)OCCO4)C2=N)nc2ccccc21. The molecule has 1 aromatic heterocycles. The molecule has 2 aliphatic heterocycles. The van der Waals surface area contributed by atoms with Crippen LogP contribution in [0.1, 0.15) is 12.7 Å². The van der Waals surface area contributed by atoms with E-state index < -0.39 is 0 Å². The monoisotopic (exact) mass is 376 g/mol. The van der Waals surface area contributed by atoms with Gasteiger partial charge in [-0.15, -0.1) is 0 Å². The first-order valence-electron chi connectivity index (χ1n) is 9.31. The van der Waals surface area contributed by atoms with E-state index in [1.807, 2.05) is 54.0 Å². The summed E-state index contributed by atoms with van der Waals surface area (Å²) >= 11 is 0. The van der Waals surface area contributed by atoms with Gasteiger partial charge < -0.3 is 24.0 Å². The van der Waals surface area contributed by atoms with Crippen LogP contribution in [-0.4, -0.2) is 40.3 Å². The van der Waals surface area contributed by atoms with Crippen LogP contribution in [-0.2, 0) is 6.54 Å². The molecular formula is C21H20N4O3. The molecule has 0 fully saturated rings. The molecule has 0 aliphatic carbocycles. The van der Waals surface area contributed by atoms with Gasteiger partial charge >= 0.3 is 0 Å². The Hall–Kier alpha value is -3.48. The van der Waals surface area contributed by atoms with Crippen LogP contribution in [0.25, 0.3) is 16.6 Å². The average molecular weight is 376 g/mol. The number of aliphatic hydroxyl groups is 1. The Morgan fingerprint density at radius 3 is 2.71 bits per heavy atom. The number of nitrogens with zero attached hydrogens (tertiary/aromatic N) is 3. The lowest BCUT2D eigenvalue weighted by Crippen LogP contribution is -2.27. The molecule has 28 heavy (non-hydrogen) atoms. The Bertz CT molecular complexity index is 1130. The van der Waals surface area contributed by atoms with Crippen molar-refractivity contribution in [1.29, 1.82) is 5.41 Å². The Labute approximate surface area is 161 Å². The second-order valence-corrected chi connectivity index (χ2v) is 6.75. The van der Waals surface area contributed by atoms with Crippen LogP contribution in [0.15, 0.2) is 48.2 Å². The van der Waals surface area contributed by atoms with Crippen molar-refractivity contribution in [1.82, 2.24) is 9.55 Å². The van der Waals surface area contributed by atoms with Crippen molar-refractivity contribution in [2.45, 2.75) is 13.5 Å². The molecule has 3 heterocycles. The molecule has 0 unspecified atom stereocenters. The molecule has 142 valence electrons. The van der Waals surface area contributed by atoms with E-state index in [4.69, 9.17) is 19.9 Å². The lowest BCUT2D eigenvalue weighted by atomic mass is 10.2. The van der Waals surface area contributed by atoms with Gasteiger partial charge in [0.2, 0.25) is 0 Å². The van der Waals surface area contributed by atoms with E-state index in [0.717, 1.165) is 16.7 Å². The number of benzene rings is 2. The van der Waals surface area contributed by atoms with Gasteiger partial charge in [0, 0.05) is 18.3 Å². The maximum atomic E-state index is 10.7. The quantitative estimate of drug-likeness (QED) is 0.730. The van der Waals surface area contributed by atoms with Crippen molar-refractivity contribution < 1.29 is 14.6 Å². The summed E-state index contributed by atoms with van der Waals surface area (Å²) in [7, 11) is 0. The summed E-state index contributed by atoms with van der Waals surface area (Å²) < 4.78 is 13.3. The van der Waals surface area contributed by atoms with E-state index in [1.165, 1.54) is 0 Å². The second kappa shape index (κ2) is 6.30. The zero-order chi connectivity index (χ0) is 19.3. The maximum absolute atomic E-state index is 10.7. The molecule has 0 amide bonds. The third-order valence-corrected chi connectivity index (χ3v) is 5.13. The number of amidine groups is 1. The van der Waals surface area contributed by atoms with E-state index in [9.17, 15) is 5.11 Å². The predicted molar refractivity (Wildman–Crippen MR) is 107 cm³/mol. The summed E-state index contributed by atoms with van der Waals surface area (Å²) in [6, 6.07) is 13.4. The minimum absolute atomic E-state index is 0.143. The smallest absolute Gasteiger partial charge is 0.163 e. The third-order valence-electron chi connectivity index (χ3n) is 5.13. The number of anilines is 1. The summed E-state index contributed by atoms with van der Waals surface area (Å²) in [6.45, 7) is 3.99. The summed E-state index contributed by atoms with van der Waals surface area (Å²) in [5.41, 5.74) is 3.08. The lowest BCUT2D eigenvalue weighted by Gasteiger charge is -2.23. The van der Waals surface area contributed by atoms with E-state index in [0.29, 0.717) is 42.7 Å². The number of aryl methyl sites for hydroxylation is 1. The molecule has 7 heteroatoms. The topological polar surface area (TPSA) is 83.6 Å². The first-order valence-corrected chi connectivity index (χ1v) is 9.31. The number of fused-ring (bicyclic) bond motifs is 2. The largest absolute Gasteiger partial charge is 0.509 e. The van der Waals surface area contributed by atoms with E-state index in [-0.39, 0.29) is 18.1 Å². The van der Waals surface area contributed by atoms with Gasteiger partial charge in [0.05, 0.1) is 23.2 Å². The predicted octanol–water partition coefficient (Wildman–Crippen LogP) is 3.59. The zero-order valence-electron chi connectivity index (χ0n) is 15.5. The highest BCUT2D eigenvalue weighted by molar-refractivity contribution is 6.30. The van der Waals surface area contributed by atoms with Crippen molar-refractivity contribution >= 4 is 28.1 Å². The highest BCUT2D eigenvalue weighted by atomic mass is 16.6. The molecule has 0 saturated carbocycles. The number of hydrogen-bond acceptors (Lipinski definition) is 5. The minimum Gasteiger partial charge on any atom is -0.509 e. The summed E-state index contributed by atoms with van der Waals surface area (Å²) in [4.78, 5) is 6.45. The number of nitrogens with one attached hydrogen (secondary N) is 1. The summed E-state index contributed by atoms with van der Waals surface area (Å²) in [5, 5.41) is 19.5. The Morgan fingerprint density at radius 2 is 1.89 bits per heavy atom. The lowest BCUT2D eigenvalue weighted by molar-refractivity contribution is 0.171. The molecule has 2 aliphatic rings. The van der Waals surface area contributed by atoms with Crippen molar-refractivity contribution in [2.24, 2.45) is 0 Å². The van der Waals surface area contributed by atoms with Gasteiger partial charge in [0.1, 0.15) is 30.6 Å². The van der Waals surface area contributed by atoms with Crippen LogP contribution >= 0.6 is 0 Å². The minimum atomic E-state index is 0.143. The van der Waals surface area contributed by atoms with Gasteiger partial charge in [-0.1, -0.05) is 12.1 Å². The van der Waals surface area contributed by atoms with Gasteiger partial charge in [0.25, 0.3) is 0 Å². The number of hydrogen-bond donors (Lipinski definition) is 2. The highest BCUT2D eigenvalue weighted by Crippen LogP contribution is 2.37. The summed E-state index contributed by atoms with van der Waals surface area (Å²) in [6.07, 6.45) is 0. The molecule has 5 rings (SSSR count). The van der Waals surface area contributed by atoms with Crippen molar-refractivity contribution in [3.05, 3.63) is 54.0 Å². The van der Waals surface area contributed by atoms with Gasteiger partial charge in [-0.25, -0.2) is 4.98 Å². The molecule has 2 aromatic carbocycles. The first-order chi connectivity index (χ1) is 13.7. The molecule has 0 atom stereocenters. The van der Waals surface area contributed by atoms with E-state index in [1.54, 1.807) is 4.90 Å². The first kappa shape index (κ1) is 16.7. The van der Waals surface area contributed by atoms with Gasteiger partial charge in [-0.05, 0) is 31.2 Å². The molecule has 3 aromatic rings. The number of aromatic nitrogens is 2.